The highest BCUT2D eigenvalue weighted by Crippen LogP contribution is 2.04. The zero-order valence-corrected chi connectivity index (χ0v) is 12.6. The summed E-state index contributed by atoms with van der Waals surface area (Å²) >= 11 is 0. The van der Waals surface area contributed by atoms with E-state index in [2.05, 4.69) is 10.6 Å². The first kappa shape index (κ1) is 18.2. The number of carbonyl (C=O) groups excluding carboxylic acids is 2. The largest absolute Gasteiger partial charge is 0.481 e. The third-order valence-corrected chi connectivity index (χ3v) is 3.10. The van der Waals surface area contributed by atoms with Crippen molar-refractivity contribution in [1.29, 1.82) is 0 Å². The van der Waals surface area contributed by atoms with Gasteiger partial charge in [-0.3, -0.25) is 9.59 Å². The Morgan fingerprint density at radius 2 is 1.80 bits per heavy atom. The molecule has 0 aliphatic heterocycles. The molecule has 0 rings (SSSR count). The summed E-state index contributed by atoms with van der Waals surface area (Å²) in [7, 11) is 3.18. The molecule has 0 fully saturated rings. The van der Waals surface area contributed by atoms with E-state index < -0.39 is 11.9 Å². The fourth-order valence-electron chi connectivity index (χ4n) is 1.69. The van der Waals surface area contributed by atoms with Gasteiger partial charge in [0, 0.05) is 27.2 Å². The first-order valence-corrected chi connectivity index (χ1v) is 6.73. The van der Waals surface area contributed by atoms with E-state index in [1.165, 1.54) is 4.90 Å². The average Bonchev–Trinajstić information content (AvgIpc) is 2.41. The Labute approximate surface area is 119 Å². The number of hydrogen-bond acceptors (Lipinski definition) is 3. The summed E-state index contributed by atoms with van der Waals surface area (Å²) in [6.07, 6.45) is 1.13. The van der Waals surface area contributed by atoms with E-state index >= 15 is 0 Å². The zero-order chi connectivity index (χ0) is 15.7. The van der Waals surface area contributed by atoms with Gasteiger partial charge in [-0.25, -0.2) is 4.79 Å². The lowest BCUT2D eigenvalue weighted by molar-refractivity contribution is -0.141. The molecule has 3 N–H and O–H groups in total. The monoisotopic (exact) mass is 287 g/mol. The van der Waals surface area contributed by atoms with E-state index in [1.807, 2.05) is 0 Å². The lowest BCUT2D eigenvalue weighted by atomic mass is 10.1. The van der Waals surface area contributed by atoms with Gasteiger partial charge in [-0.05, 0) is 12.8 Å². The number of nitrogens with one attached hydrogen (secondary N) is 2. The van der Waals surface area contributed by atoms with Crippen molar-refractivity contribution in [2.45, 2.75) is 26.7 Å². The normalized spacial score (nSPS) is 13.2. The van der Waals surface area contributed by atoms with Crippen LogP contribution in [0.3, 0.4) is 0 Å². The lowest BCUT2D eigenvalue weighted by Gasteiger charge is -2.21. The number of carboxylic acid groups (broad SMARTS) is 1. The topological polar surface area (TPSA) is 98.7 Å². The van der Waals surface area contributed by atoms with E-state index in [1.54, 1.807) is 27.9 Å². The van der Waals surface area contributed by atoms with Crippen LogP contribution in [0.25, 0.3) is 0 Å². The second kappa shape index (κ2) is 9.17. The van der Waals surface area contributed by atoms with Crippen molar-refractivity contribution in [3.05, 3.63) is 0 Å². The van der Waals surface area contributed by atoms with Crippen LogP contribution in [0.1, 0.15) is 26.7 Å². The van der Waals surface area contributed by atoms with Crippen LogP contribution < -0.4 is 10.6 Å². The summed E-state index contributed by atoms with van der Waals surface area (Å²) in [4.78, 5) is 35.1. The van der Waals surface area contributed by atoms with Crippen LogP contribution in [0.2, 0.25) is 0 Å². The molecule has 0 spiro atoms. The van der Waals surface area contributed by atoms with Crippen LogP contribution in [0.15, 0.2) is 0 Å². The van der Waals surface area contributed by atoms with E-state index in [4.69, 9.17) is 5.11 Å². The van der Waals surface area contributed by atoms with Crippen molar-refractivity contribution in [1.82, 2.24) is 15.5 Å². The number of amides is 3. The quantitative estimate of drug-likeness (QED) is 0.566. The molecule has 7 heteroatoms. The number of nitrogens with zero attached hydrogens (tertiary/aromatic N) is 1. The fraction of sp³-hybridized carbons (Fsp3) is 0.769. The highest BCUT2D eigenvalue weighted by atomic mass is 16.4. The standard InChI is InChI=1S/C13H25N3O4/c1-9(12(18)19)6-5-7-15-13(20)16(4)8-10(2)11(17)14-3/h9-10H,5-8H2,1-4H3,(H,14,17)(H,15,20)(H,18,19). The van der Waals surface area contributed by atoms with Crippen LogP contribution in [0.4, 0.5) is 4.79 Å². The third kappa shape index (κ3) is 6.96. The molecule has 3 amide bonds. The van der Waals surface area contributed by atoms with Crippen LogP contribution in [-0.2, 0) is 9.59 Å². The smallest absolute Gasteiger partial charge is 0.317 e. The predicted octanol–water partition coefficient (Wildman–Crippen LogP) is 0.511. The summed E-state index contributed by atoms with van der Waals surface area (Å²) in [6, 6.07) is -0.260. The Morgan fingerprint density at radius 1 is 1.20 bits per heavy atom. The molecular weight excluding hydrogens is 262 g/mol. The van der Waals surface area contributed by atoms with Crippen molar-refractivity contribution < 1.29 is 19.5 Å². The molecule has 2 atom stereocenters. The second-order valence-corrected chi connectivity index (χ2v) is 5.01. The number of rotatable bonds is 8. The molecule has 7 nitrogen and oxygen atoms in total. The van der Waals surface area contributed by atoms with Crippen LogP contribution in [0, 0.1) is 11.8 Å². The molecule has 2 unspecified atom stereocenters. The number of aliphatic carboxylic acids is 1. The maximum Gasteiger partial charge on any atom is 0.317 e. The minimum atomic E-state index is -0.826. The van der Waals surface area contributed by atoms with Gasteiger partial charge >= 0.3 is 12.0 Å². The van der Waals surface area contributed by atoms with Gasteiger partial charge in [-0.1, -0.05) is 13.8 Å². The van der Waals surface area contributed by atoms with Crippen LogP contribution in [0.5, 0.6) is 0 Å². The van der Waals surface area contributed by atoms with Crippen molar-refractivity contribution in [2.24, 2.45) is 11.8 Å². The molecule has 0 aliphatic rings. The van der Waals surface area contributed by atoms with Gasteiger partial charge in [0.1, 0.15) is 0 Å². The first-order chi connectivity index (χ1) is 9.29. The maximum atomic E-state index is 11.7. The minimum Gasteiger partial charge on any atom is -0.481 e. The number of carbonyl (C=O) groups is 3. The van der Waals surface area contributed by atoms with E-state index in [0.717, 1.165) is 0 Å². The molecule has 0 heterocycles. The molecule has 0 aliphatic carbocycles. The summed E-state index contributed by atoms with van der Waals surface area (Å²) < 4.78 is 0. The molecule has 0 bridgehead atoms. The lowest BCUT2D eigenvalue weighted by Crippen LogP contribution is -2.42. The molecule has 0 aromatic heterocycles. The molecule has 0 radical (unpaired) electrons. The van der Waals surface area contributed by atoms with Crippen molar-refractivity contribution in [3.63, 3.8) is 0 Å². The Morgan fingerprint density at radius 3 is 2.30 bits per heavy atom. The Hall–Kier alpha value is -1.79. The number of urea groups is 1. The summed E-state index contributed by atoms with van der Waals surface area (Å²) in [5.41, 5.74) is 0. The Kier molecular flexibility index (Phi) is 8.35. The zero-order valence-electron chi connectivity index (χ0n) is 12.6. The van der Waals surface area contributed by atoms with Crippen molar-refractivity contribution in [2.75, 3.05) is 27.2 Å². The maximum absolute atomic E-state index is 11.7. The number of hydrogen-bond donors (Lipinski definition) is 3. The molecular formula is C13H25N3O4. The first-order valence-electron chi connectivity index (χ1n) is 6.73. The molecule has 0 aromatic carbocycles. The Balaban J connectivity index is 3.91. The van der Waals surface area contributed by atoms with Gasteiger partial charge in [-0.2, -0.15) is 0 Å². The van der Waals surface area contributed by atoms with Gasteiger partial charge in [0.2, 0.25) is 5.91 Å². The van der Waals surface area contributed by atoms with Gasteiger partial charge in [0.25, 0.3) is 0 Å². The summed E-state index contributed by atoms with van der Waals surface area (Å²) in [6.45, 7) is 4.14. The SMILES string of the molecule is CNC(=O)C(C)CN(C)C(=O)NCCCC(C)C(=O)O. The highest BCUT2D eigenvalue weighted by Gasteiger charge is 2.17. The van der Waals surface area contributed by atoms with Gasteiger partial charge < -0.3 is 20.6 Å². The molecule has 20 heavy (non-hydrogen) atoms. The van der Waals surface area contributed by atoms with Gasteiger partial charge in [0.15, 0.2) is 0 Å². The highest BCUT2D eigenvalue weighted by molar-refractivity contribution is 5.79. The Bertz CT molecular complexity index is 347. The third-order valence-electron chi connectivity index (χ3n) is 3.10. The van der Waals surface area contributed by atoms with Crippen molar-refractivity contribution in [3.8, 4) is 0 Å². The van der Waals surface area contributed by atoms with E-state index in [0.29, 0.717) is 25.9 Å². The van der Waals surface area contributed by atoms with Gasteiger partial charge in [0.05, 0.1) is 11.8 Å². The van der Waals surface area contributed by atoms with E-state index in [9.17, 15) is 14.4 Å². The summed E-state index contributed by atoms with van der Waals surface area (Å²) in [5, 5.41) is 14.0. The number of carboxylic acids is 1. The van der Waals surface area contributed by atoms with E-state index in [-0.39, 0.29) is 17.9 Å². The second-order valence-electron chi connectivity index (χ2n) is 5.01. The van der Waals surface area contributed by atoms with Gasteiger partial charge in [-0.15, -0.1) is 0 Å². The summed E-state index contributed by atoms with van der Waals surface area (Å²) in [5.74, 6) is -1.62. The molecule has 0 saturated carbocycles. The molecule has 116 valence electrons. The average molecular weight is 287 g/mol. The van der Waals surface area contributed by atoms with Crippen LogP contribution >= 0.6 is 0 Å². The van der Waals surface area contributed by atoms with Crippen molar-refractivity contribution >= 4 is 17.9 Å². The minimum absolute atomic E-state index is 0.111. The molecule has 0 saturated heterocycles. The molecule has 0 aromatic rings. The van der Waals surface area contributed by atoms with Crippen LogP contribution in [-0.4, -0.2) is 55.1 Å². The fourth-order valence-corrected chi connectivity index (χ4v) is 1.69. The predicted molar refractivity (Wildman–Crippen MR) is 75.3 cm³/mol.